The van der Waals surface area contributed by atoms with Crippen molar-refractivity contribution in [2.75, 3.05) is 12.3 Å². The van der Waals surface area contributed by atoms with E-state index in [4.69, 9.17) is 17.3 Å². The normalized spacial score (nSPS) is 13.9. The van der Waals surface area contributed by atoms with Gasteiger partial charge in [0.1, 0.15) is 0 Å². The molecule has 0 spiro atoms. The van der Waals surface area contributed by atoms with Gasteiger partial charge < -0.3 is 10.6 Å². The monoisotopic (exact) mass is 300 g/mol. The zero-order chi connectivity index (χ0) is 15.0. The molecule has 0 bridgehead atoms. The van der Waals surface area contributed by atoms with Gasteiger partial charge in [0.2, 0.25) is 0 Å². The minimum atomic E-state index is 0.0306. The van der Waals surface area contributed by atoms with E-state index in [-0.39, 0.29) is 5.91 Å². The number of rotatable bonds is 1. The van der Waals surface area contributed by atoms with Gasteiger partial charge in [-0.15, -0.1) is 0 Å². The van der Waals surface area contributed by atoms with Gasteiger partial charge >= 0.3 is 0 Å². The molecule has 1 heterocycles. The number of hydrogen-bond acceptors (Lipinski definition) is 2. The molecule has 4 heteroatoms. The SMILES string of the molecule is Cc1c(Cl)cccc1C(=O)N1CCc2c(N)cccc2C1. The third kappa shape index (κ3) is 2.49. The molecule has 0 aromatic heterocycles. The first kappa shape index (κ1) is 14.0. The van der Waals surface area contributed by atoms with Crippen molar-refractivity contribution in [2.24, 2.45) is 0 Å². The smallest absolute Gasteiger partial charge is 0.254 e. The molecule has 21 heavy (non-hydrogen) atoms. The fourth-order valence-corrected chi connectivity index (χ4v) is 3.00. The van der Waals surface area contributed by atoms with Crippen LogP contribution in [-0.2, 0) is 13.0 Å². The van der Waals surface area contributed by atoms with Gasteiger partial charge in [-0.25, -0.2) is 0 Å². The van der Waals surface area contributed by atoms with Gasteiger partial charge in [-0.3, -0.25) is 4.79 Å². The number of carbonyl (C=O) groups excluding carboxylic acids is 1. The number of fused-ring (bicyclic) bond motifs is 1. The molecule has 0 radical (unpaired) electrons. The zero-order valence-electron chi connectivity index (χ0n) is 11.9. The molecule has 2 aromatic carbocycles. The van der Waals surface area contributed by atoms with Crippen LogP contribution in [0, 0.1) is 6.92 Å². The van der Waals surface area contributed by atoms with E-state index < -0.39 is 0 Å². The Morgan fingerprint density at radius 3 is 2.81 bits per heavy atom. The van der Waals surface area contributed by atoms with Crippen molar-refractivity contribution in [3.63, 3.8) is 0 Å². The van der Waals surface area contributed by atoms with Crippen LogP contribution in [-0.4, -0.2) is 17.4 Å². The van der Waals surface area contributed by atoms with E-state index in [1.807, 2.05) is 42.2 Å². The lowest BCUT2D eigenvalue weighted by atomic mass is 9.97. The molecule has 1 amide bonds. The molecular weight excluding hydrogens is 284 g/mol. The van der Waals surface area contributed by atoms with E-state index in [0.717, 1.165) is 23.2 Å². The highest BCUT2D eigenvalue weighted by Crippen LogP contribution is 2.26. The van der Waals surface area contributed by atoms with Gasteiger partial charge in [-0.1, -0.05) is 29.8 Å². The Kier molecular flexibility index (Phi) is 3.60. The minimum absolute atomic E-state index is 0.0306. The van der Waals surface area contributed by atoms with E-state index >= 15 is 0 Å². The summed E-state index contributed by atoms with van der Waals surface area (Å²) < 4.78 is 0. The summed E-state index contributed by atoms with van der Waals surface area (Å²) in [4.78, 5) is 14.6. The predicted octanol–water partition coefficient (Wildman–Crippen LogP) is 3.43. The van der Waals surface area contributed by atoms with Crippen molar-refractivity contribution in [1.29, 1.82) is 0 Å². The molecule has 1 aliphatic heterocycles. The lowest BCUT2D eigenvalue weighted by Gasteiger charge is -2.30. The van der Waals surface area contributed by atoms with Crippen LogP contribution in [0.4, 0.5) is 5.69 Å². The Bertz CT molecular complexity index is 712. The quantitative estimate of drug-likeness (QED) is 0.820. The van der Waals surface area contributed by atoms with Crippen molar-refractivity contribution in [3.05, 3.63) is 63.7 Å². The summed E-state index contributed by atoms with van der Waals surface area (Å²) in [5.74, 6) is 0.0306. The Labute approximate surface area is 129 Å². The number of anilines is 1. The summed E-state index contributed by atoms with van der Waals surface area (Å²) in [6.07, 6.45) is 0.799. The molecule has 0 saturated carbocycles. The van der Waals surface area contributed by atoms with E-state index in [1.165, 1.54) is 5.56 Å². The average Bonchev–Trinajstić information content (AvgIpc) is 2.49. The van der Waals surface area contributed by atoms with Gasteiger partial charge in [-0.05, 0) is 48.2 Å². The van der Waals surface area contributed by atoms with Gasteiger partial charge in [0.25, 0.3) is 5.91 Å². The highest BCUT2D eigenvalue weighted by Gasteiger charge is 2.24. The van der Waals surface area contributed by atoms with E-state index in [1.54, 1.807) is 6.07 Å². The molecule has 1 aliphatic rings. The maximum absolute atomic E-state index is 12.7. The summed E-state index contributed by atoms with van der Waals surface area (Å²) in [7, 11) is 0. The Morgan fingerprint density at radius 2 is 2.00 bits per heavy atom. The summed E-state index contributed by atoms with van der Waals surface area (Å²) in [6, 6.07) is 11.3. The van der Waals surface area contributed by atoms with Crippen molar-refractivity contribution in [2.45, 2.75) is 19.9 Å². The van der Waals surface area contributed by atoms with Gasteiger partial charge in [0, 0.05) is 29.4 Å². The Morgan fingerprint density at radius 1 is 1.24 bits per heavy atom. The Hall–Kier alpha value is -2.00. The largest absolute Gasteiger partial charge is 0.398 e. The van der Waals surface area contributed by atoms with Crippen LogP contribution in [0.3, 0.4) is 0 Å². The summed E-state index contributed by atoms with van der Waals surface area (Å²) >= 11 is 6.11. The molecule has 0 atom stereocenters. The van der Waals surface area contributed by atoms with Crippen LogP contribution < -0.4 is 5.73 Å². The van der Waals surface area contributed by atoms with Gasteiger partial charge in [0.05, 0.1) is 0 Å². The molecule has 2 aromatic rings. The molecule has 0 saturated heterocycles. The first-order chi connectivity index (χ1) is 10.1. The van der Waals surface area contributed by atoms with E-state index in [0.29, 0.717) is 23.7 Å². The average molecular weight is 301 g/mol. The van der Waals surface area contributed by atoms with E-state index in [2.05, 4.69) is 0 Å². The standard InChI is InChI=1S/C17H17ClN2O/c1-11-13(5-3-6-15(11)18)17(21)20-9-8-14-12(10-20)4-2-7-16(14)19/h2-7H,8-10,19H2,1H3. The molecule has 0 unspecified atom stereocenters. The summed E-state index contributed by atoms with van der Waals surface area (Å²) in [5.41, 5.74) is 10.6. The molecular formula is C17H17ClN2O. The van der Waals surface area contributed by atoms with Crippen LogP contribution in [0.2, 0.25) is 5.02 Å². The van der Waals surface area contributed by atoms with Crippen LogP contribution in [0.25, 0.3) is 0 Å². The predicted molar refractivity (Wildman–Crippen MR) is 85.5 cm³/mol. The van der Waals surface area contributed by atoms with Crippen LogP contribution in [0.1, 0.15) is 27.0 Å². The lowest BCUT2D eigenvalue weighted by Crippen LogP contribution is -2.36. The second-order valence-electron chi connectivity index (χ2n) is 5.37. The van der Waals surface area contributed by atoms with Crippen molar-refractivity contribution in [3.8, 4) is 0 Å². The number of nitrogens with zero attached hydrogens (tertiary/aromatic N) is 1. The minimum Gasteiger partial charge on any atom is -0.398 e. The number of nitrogen functional groups attached to an aromatic ring is 1. The highest BCUT2D eigenvalue weighted by atomic mass is 35.5. The number of hydrogen-bond donors (Lipinski definition) is 1. The maximum atomic E-state index is 12.7. The number of benzene rings is 2. The van der Waals surface area contributed by atoms with Gasteiger partial charge in [0.15, 0.2) is 0 Å². The van der Waals surface area contributed by atoms with E-state index in [9.17, 15) is 4.79 Å². The lowest BCUT2D eigenvalue weighted by molar-refractivity contribution is 0.0734. The molecule has 0 fully saturated rings. The first-order valence-corrected chi connectivity index (χ1v) is 7.36. The third-order valence-electron chi connectivity index (χ3n) is 4.09. The topological polar surface area (TPSA) is 46.3 Å². The van der Waals surface area contributed by atoms with Crippen molar-refractivity contribution in [1.82, 2.24) is 4.90 Å². The molecule has 3 rings (SSSR count). The molecule has 108 valence electrons. The molecule has 2 N–H and O–H groups in total. The van der Waals surface area contributed by atoms with Crippen LogP contribution in [0.5, 0.6) is 0 Å². The number of amides is 1. The third-order valence-corrected chi connectivity index (χ3v) is 4.50. The van der Waals surface area contributed by atoms with Crippen LogP contribution in [0.15, 0.2) is 36.4 Å². The molecule has 3 nitrogen and oxygen atoms in total. The number of nitrogens with two attached hydrogens (primary N) is 1. The second-order valence-corrected chi connectivity index (χ2v) is 5.78. The highest BCUT2D eigenvalue weighted by molar-refractivity contribution is 6.31. The maximum Gasteiger partial charge on any atom is 0.254 e. The van der Waals surface area contributed by atoms with Crippen LogP contribution >= 0.6 is 11.6 Å². The van der Waals surface area contributed by atoms with Gasteiger partial charge in [-0.2, -0.15) is 0 Å². The number of halogens is 1. The molecule has 0 aliphatic carbocycles. The summed E-state index contributed by atoms with van der Waals surface area (Å²) in [5, 5.41) is 0.627. The second kappa shape index (κ2) is 5.41. The number of carbonyl (C=O) groups is 1. The fraction of sp³-hybridized carbons (Fsp3) is 0.235. The van der Waals surface area contributed by atoms with Crippen molar-refractivity contribution >= 4 is 23.2 Å². The zero-order valence-corrected chi connectivity index (χ0v) is 12.7. The fourth-order valence-electron chi connectivity index (χ4n) is 2.82. The van der Waals surface area contributed by atoms with Crippen molar-refractivity contribution < 1.29 is 4.79 Å². The Balaban J connectivity index is 1.89. The summed E-state index contributed by atoms with van der Waals surface area (Å²) in [6.45, 7) is 3.17. The first-order valence-electron chi connectivity index (χ1n) is 6.98.